The molecule has 3 aromatic heterocycles. The van der Waals surface area contributed by atoms with E-state index < -0.39 is 47.8 Å². The molecule has 6 atom stereocenters. The van der Waals surface area contributed by atoms with Gasteiger partial charge < -0.3 is 31.0 Å². The number of alkyl halides is 1. The van der Waals surface area contributed by atoms with Crippen molar-refractivity contribution >= 4 is 33.6 Å². The summed E-state index contributed by atoms with van der Waals surface area (Å²) in [5, 5.41) is 22.8. The van der Waals surface area contributed by atoms with Gasteiger partial charge in [-0.1, -0.05) is 12.1 Å². The third-order valence-corrected chi connectivity index (χ3v) is 7.14. The predicted octanol–water partition coefficient (Wildman–Crippen LogP) is 2.01. The molecule has 0 radical (unpaired) electrons. The molecule has 35 heavy (non-hydrogen) atoms. The quantitative estimate of drug-likeness (QED) is 0.344. The van der Waals surface area contributed by atoms with Gasteiger partial charge >= 0.3 is 0 Å². The Hall–Kier alpha value is -3.48. The number of aliphatic hydroxyl groups excluding tert-OH is 1. The zero-order chi connectivity index (χ0) is 24.6. The minimum Gasteiger partial charge on any atom is -0.385 e. The molecular formula is C23H21F3N6O3. The van der Waals surface area contributed by atoms with Crippen molar-refractivity contribution < 1.29 is 28.1 Å². The molecule has 2 unspecified atom stereocenters. The summed E-state index contributed by atoms with van der Waals surface area (Å²) in [4.78, 5) is 11.9. The topological polar surface area (TPSA) is 145 Å². The molecule has 6 N–H and O–H groups in total. The van der Waals surface area contributed by atoms with Gasteiger partial charge in [-0.2, -0.15) is 0 Å². The Morgan fingerprint density at radius 1 is 1.14 bits per heavy atom. The van der Waals surface area contributed by atoms with Crippen LogP contribution in [0.5, 0.6) is 0 Å². The van der Waals surface area contributed by atoms with Gasteiger partial charge in [0, 0.05) is 23.9 Å². The van der Waals surface area contributed by atoms with Gasteiger partial charge in [0.2, 0.25) is 0 Å². The maximum absolute atomic E-state index is 15.1. The second kappa shape index (κ2) is 7.51. The van der Waals surface area contributed by atoms with E-state index in [1.165, 1.54) is 10.6 Å². The second-order valence-corrected chi connectivity index (χ2v) is 9.20. The van der Waals surface area contributed by atoms with Crippen molar-refractivity contribution in [2.24, 2.45) is 5.92 Å². The number of pyridine rings is 1. The molecule has 1 aliphatic heterocycles. The minimum atomic E-state index is -1.90. The van der Waals surface area contributed by atoms with E-state index in [4.69, 9.17) is 16.2 Å². The van der Waals surface area contributed by atoms with Gasteiger partial charge in [0.15, 0.2) is 29.3 Å². The molecule has 0 amide bonds. The molecule has 6 rings (SSSR count). The van der Waals surface area contributed by atoms with E-state index in [0.717, 1.165) is 12.5 Å². The molecule has 1 saturated carbocycles. The molecule has 182 valence electrons. The molecule has 0 bridgehead atoms. The minimum absolute atomic E-state index is 0.0355. The van der Waals surface area contributed by atoms with Gasteiger partial charge in [-0.05, 0) is 24.1 Å². The number of halogens is 3. The monoisotopic (exact) mass is 486 g/mol. The summed E-state index contributed by atoms with van der Waals surface area (Å²) >= 11 is 0. The van der Waals surface area contributed by atoms with Crippen LogP contribution in [0.2, 0.25) is 0 Å². The van der Waals surface area contributed by atoms with Crippen LogP contribution in [0.1, 0.15) is 18.2 Å². The molecule has 9 nitrogen and oxygen atoms in total. The summed E-state index contributed by atoms with van der Waals surface area (Å²) < 4.78 is 50.6. The highest BCUT2D eigenvalue weighted by Crippen LogP contribution is 2.52. The first-order chi connectivity index (χ1) is 16.7. The van der Waals surface area contributed by atoms with E-state index in [0.29, 0.717) is 16.5 Å². The highest BCUT2D eigenvalue weighted by atomic mass is 19.1. The van der Waals surface area contributed by atoms with Crippen LogP contribution in [-0.4, -0.2) is 53.7 Å². The third-order valence-electron chi connectivity index (χ3n) is 7.14. The first-order valence-corrected chi connectivity index (χ1v) is 11.0. The lowest BCUT2D eigenvalue weighted by Crippen LogP contribution is -2.45. The zero-order valence-electron chi connectivity index (χ0n) is 18.1. The molecule has 1 saturated heterocycles. The maximum atomic E-state index is 15.1. The first kappa shape index (κ1) is 22.0. The highest BCUT2D eigenvalue weighted by molar-refractivity contribution is 5.87. The van der Waals surface area contributed by atoms with Crippen molar-refractivity contribution in [3.8, 4) is 0 Å². The number of aromatic nitrogens is 4. The molecule has 12 heteroatoms. The molecular weight excluding hydrogens is 465 g/mol. The van der Waals surface area contributed by atoms with E-state index >= 15 is 4.39 Å². The molecule has 4 aromatic rings. The molecule has 1 aromatic carbocycles. The Morgan fingerprint density at radius 3 is 2.74 bits per heavy atom. The Labute approximate surface area is 196 Å². The largest absolute Gasteiger partial charge is 0.385 e. The van der Waals surface area contributed by atoms with Crippen LogP contribution in [0.15, 0.2) is 36.8 Å². The normalized spacial score (nSPS) is 30.4. The SMILES string of the molecule is Nc1nc2cc(CC3[C@H]4O[C@@H](n5cc(F)c6c(N)ncnc65)C(O)[C@@]4(O)C[C@@H]3F)ccc2cc1F. The van der Waals surface area contributed by atoms with Crippen molar-refractivity contribution in [1.82, 2.24) is 19.5 Å². The van der Waals surface area contributed by atoms with E-state index in [1.807, 2.05) is 0 Å². The Morgan fingerprint density at radius 2 is 1.94 bits per heavy atom. The fourth-order valence-electron chi connectivity index (χ4n) is 5.43. The van der Waals surface area contributed by atoms with Gasteiger partial charge in [0.05, 0.1) is 17.0 Å². The first-order valence-electron chi connectivity index (χ1n) is 11.0. The van der Waals surface area contributed by atoms with Gasteiger partial charge in [-0.15, -0.1) is 0 Å². The van der Waals surface area contributed by atoms with Crippen molar-refractivity contribution in [3.05, 3.63) is 54.0 Å². The average molecular weight is 486 g/mol. The number of aliphatic hydroxyl groups is 2. The predicted molar refractivity (Wildman–Crippen MR) is 120 cm³/mol. The molecule has 1 aliphatic carbocycles. The van der Waals surface area contributed by atoms with Crippen LogP contribution >= 0.6 is 0 Å². The summed E-state index contributed by atoms with van der Waals surface area (Å²) in [6, 6.07) is 6.31. The summed E-state index contributed by atoms with van der Waals surface area (Å²) in [5.41, 5.74) is 10.6. The summed E-state index contributed by atoms with van der Waals surface area (Å²) in [6.07, 6.45) is -3.32. The van der Waals surface area contributed by atoms with E-state index in [1.54, 1.807) is 18.2 Å². The number of ether oxygens (including phenoxy) is 1. The highest BCUT2D eigenvalue weighted by Gasteiger charge is 2.65. The van der Waals surface area contributed by atoms with Crippen LogP contribution in [0.3, 0.4) is 0 Å². The summed E-state index contributed by atoms with van der Waals surface area (Å²) in [5.74, 6) is -2.48. The zero-order valence-corrected chi connectivity index (χ0v) is 18.1. The van der Waals surface area contributed by atoms with Crippen LogP contribution in [-0.2, 0) is 11.2 Å². The second-order valence-electron chi connectivity index (χ2n) is 9.20. The average Bonchev–Trinajstić information content (AvgIpc) is 3.36. The van der Waals surface area contributed by atoms with Gasteiger partial charge in [0.1, 0.15) is 30.0 Å². The number of rotatable bonds is 3. The van der Waals surface area contributed by atoms with Crippen LogP contribution in [0.4, 0.5) is 24.8 Å². The van der Waals surface area contributed by atoms with Crippen molar-refractivity contribution in [3.63, 3.8) is 0 Å². The summed E-state index contributed by atoms with van der Waals surface area (Å²) in [6.45, 7) is 0. The van der Waals surface area contributed by atoms with Crippen LogP contribution < -0.4 is 11.5 Å². The van der Waals surface area contributed by atoms with Crippen molar-refractivity contribution in [1.29, 1.82) is 0 Å². The number of anilines is 2. The maximum Gasteiger partial charge on any atom is 0.165 e. The number of hydrogen-bond acceptors (Lipinski definition) is 8. The lowest BCUT2D eigenvalue weighted by atomic mass is 9.89. The van der Waals surface area contributed by atoms with E-state index in [9.17, 15) is 19.0 Å². The number of fused-ring (bicyclic) bond motifs is 3. The van der Waals surface area contributed by atoms with Crippen LogP contribution in [0.25, 0.3) is 21.9 Å². The van der Waals surface area contributed by atoms with Crippen molar-refractivity contribution in [2.75, 3.05) is 11.5 Å². The smallest absolute Gasteiger partial charge is 0.165 e. The van der Waals surface area contributed by atoms with Crippen LogP contribution in [0, 0.1) is 17.6 Å². The molecule has 4 heterocycles. The lowest BCUT2D eigenvalue weighted by molar-refractivity contribution is -0.0685. The fourth-order valence-corrected chi connectivity index (χ4v) is 5.43. The standard InChI is InChI=1S/C23H21F3N6O3/c24-12-5-10-2-1-9(4-15(10)31-19(12)27)3-11-13(25)6-23(34)17(33)22(35-18(11)23)32-7-14(26)16-20(28)29-8-30-21(16)32/h1-2,4-5,7-8,11,13,17-18,22,33-34H,3,6H2,(H2,27,31)(H2,28,29,30)/t11?,13-,17?,18+,22+,23-/m0/s1. The Balaban J connectivity index is 1.33. The third kappa shape index (κ3) is 3.17. The Bertz CT molecular complexity index is 1480. The number of nitrogens with two attached hydrogens (primary N) is 2. The Kier molecular flexibility index (Phi) is 4.72. The van der Waals surface area contributed by atoms with Gasteiger partial charge in [-0.3, -0.25) is 0 Å². The fraction of sp³-hybridized carbons (Fsp3) is 0.348. The number of benzene rings is 1. The van der Waals surface area contributed by atoms with E-state index in [-0.39, 0.29) is 35.5 Å². The van der Waals surface area contributed by atoms with Gasteiger partial charge in [0.25, 0.3) is 0 Å². The van der Waals surface area contributed by atoms with Gasteiger partial charge in [-0.25, -0.2) is 28.1 Å². The number of nitrogens with zero attached hydrogens (tertiary/aromatic N) is 4. The molecule has 2 aliphatic rings. The summed E-state index contributed by atoms with van der Waals surface area (Å²) in [7, 11) is 0. The van der Waals surface area contributed by atoms with Crippen molar-refractivity contribution in [2.45, 2.75) is 43.1 Å². The number of hydrogen-bond donors (Lipinski definition) is 4. The lowest BCUT2D eigenvalue weighted by Gasteiger charge is -2.25. The molecule has 0 spiro atoms. The molecule has 2 fully saturated rings. The number of nitrogen functional groups attached to an aromatic ring is 2. The van der Waals surface area contributed by atoms with E-state index in [2.05, 4.69) is 15.0 Å².